The molecule has 0 unspecified atom stereocenters. The van der Waals surface area contributed by atoms with E-state index in [-0.39, 0.29) is 4.90 Å². The van der Waals surface area contributed by atoms with Crippen molar-refractivity contribution in [2.75, 3.05) is 4.72 Å². The minimum absolute atomic E-state index is 0.167. The molecule has 1 N–H and O–H groups in total. The second kappa shape index (κ2) is 6.96. The molecule has 0 amide bonds. The van der Waals surface area contributed by atoms with Crippen LogP contribution in [-0.2, 0) is 10.0 Å². The first-order valence-electron chi connectivity index (χ1n) is 8.68. The van der Waals surface area contributed by atoms with Crippen LogP contribution in [0.3, 0.4) is 0 Å². The third-order valence-corrected chi connectivity index (χ3v) is 6.55. The van der Waals surface area contributed by atoms with E-state index in [4.69, 9.17) is 11.6 Å². The molecule has 0 radical (unpaired) electrons. The van der Waals surface area contributed by atoms with Gasteiger partial charge in [0.1, 0.15) is 5.65 Å². The first-order valence-corrected chi connectivity index (χ1v) is 10.5. The number of nitrogens with zero attached hydrogens (tertiary/aromatic N) is 2. The molecule has 0 spiro atoms. The molecule has 4 rings (SSSR count). The second-order valence-electron chi connectivity index (χ2n) is 6.59. The number of hydrogen-bond acceptors (Lipinski definition) is 3. The van der Waals surface area contributed by atoms with Crippen LogP contribution in [0, 0.1) is 13.8 Å². The average molecular weight is 412 g/mol. The van der Waals surface area contributed by atoms with Crippen LogP contribution in [0.25, 0.3) is 16.9 Å². The van der Waals surface area contributed by atoms with Gasteiger partial charge in [-0.05, 0) is 55.3 Å². The van der Waals surface area contributed by atoms with E-state index >= 15 is 0 Å². The van der Waals surface area contributed by atoms with E-state index in [0.717, 1.165) is 22.5 Å². The van der Waals surface area contributed by atoms with Crippen molar-refractivity contribution < 1.29 is 8.42 Å². The molecule has 7 heteroatoms. The summed E-state index contributed by atoms with van der Waals surface area (Å²) in [6.45, 7) is 3.70. The van der Waals surface area contributed by atoms with Gasteiger partial charge in [-0.25, -0.2) is 13.4 Å². The maximum Gasteiger partial charge on any atom is 0.262 e. The summed E-state index contributed by atoms with van der Waals surface area (Å²) in [6.07, 6.45) is 3.91. The van der Waals surface area contributed by atoms with Gasteiger partial charge in [-0.15, -0.1) is 0 Å². The number of benzene rings is 2. The number of aromatic nitrogens is 2. The van der Waals surface area contributed by atoms with Gasteiger partial charge in [0.15, 0.2) is 0 Å². The molecule has 4 aromatic rings. The molecule has 2 aromatic heterocycles. The van der Waals surface area contributed by atoms with Gasteiger partial charge in [-0.3, -0.25) is 4.72 Å². The van der Waals surface area contributed by atoms with Crippen molar-refractivity contribution in [1.82, 2.24) is 9.38 Å². The highest BCUT2D eigenvalue weighted by Crippen LogP contribution is 2.26. The summed E-state index contributed by atoms with van der Waals surface area (Å²) in [5.74, 6) is 0. The lowest BCUT2D eigenvalue weighted by Crippen LogP contribution is -2.14. The van der Waals surface area contributed by atoms with E-state index in [1.807, 2.05) is 48.0 Å². The molecule has 2 heterocycles. The number of halogens is 1. The lowest BCUT2D eigenvalue weighted by Gasteiger charge is -2.11. The number of rotatable bonds is 4. The maximum atomic E-state index is 12.7. The third-order valence-electron chi connectivity index (χ3n) is 4.62. The van der Waals surface area contributed by atoms with Gasteiger partial charge < -0.3 is 4.40 Å². The monoisotopic (exact) mass is 411 g/mol. The van der Waals surface area contributed by atoms with Crippen LogP contribution in [0.15, 0.2) is 71.9 Å². The zero-order valence-corrected chi connectivity index (χ0v) is 16.9. The molecule has 0 fully saturated rings. The van der Waals surface area contributed by atoms with Crippen molar-refractivity contribution in [1.29, 1.82) is 0 Å². The standard InChI is InChI=1S/C21H18ClN3O2S/c1-14-5-4-12-25-13-19(23-21(14)25)16-8-10-17(11-9-16)24-28(26,27)20-7-3-6-18(22)15(20)2/h3-13,24H,1-2H3. The predicted octanol–water partition coefficient (Wildman–Crippen LogP) is 5.07. The molecule has 142 valence electrons. The van der Waals surface area contributed by atoms with E-state index in [0.29, 0.717) is 16.3 Å². The molecule has 2 aromatic carbocycles. The van der Waals surface area contributed by atoms with Crippen molar-refractivity contribution in [2.45, 2.75) is 18.7 Å². The molecule has 0 atom stereocenters. The molecular weight excluding hydrogens is 394 g/mol. The quantitative estimate of drug-likeness (QED) is 0.509. The lowest BCUT2D eigenvalue weighted by molar-refractivity contribution is 0.600. The van der Waals surface area contributed by atoms with Crippen molar-refractivity contribution in [3.8, 4) is 11.3 Å². The molecule has 0 aliphatic heterocycles. The highest BCUT2D eigenvalue weighted by molar-refractivity contribution is 7.92. The van der Waals surface area contributed by atoms with Crippen molar-refractivity contribution in [3.63, 3.8) is 0 Å². The van der Waals surface area contributed by atoms with Crippen LogP contribution >= 0.6 is 11.6 Å². The zero-order valence-electron chi connectivity index (χ0n) is 15.3. The number of anilines is 1. The smallest absolute Gasteiger partial charge is 0.262 e. The van der Waals surface area contributed by atoms with Crippen LogP contribution in [-0.4, -0.2) is 17.8 Å². The maximum absolute atomic E-state index is 12.7. The highest BCUT2D eigenvalue weighted by atomic mass is 35.5. The Kier molecular flexibility index (Phi) is 4.61. The summed E-state index contributed by atoms with van der Waals surface area (Å²) < 4.78 is 30.0. The average Bonchev–Trinajstić information content (AvgIpc) is 3.10. The fourth-order valence-electron chi connectivity index (χ4n) is 3.09. The third kappa shape index (κ3) is 3.37. The van der Waals surface area contributed by atoms with E-state index in [1.54, 1.807) is 31.2 Å². The van der Waals surface area contributed by atoms with Crippen LogP contribution in [0.4, 0.5) is 5.69 Å². The van der Waals surface area contributed by atoms with Gasteiger partial charge in [-0.2, -0.15) is 0 Å². The van der Waals surface area contributed by atoms with Crippen molar-refractivity contribution in [3.05, 3.63) is 83.1 Å². The van der Waals surface area contributed by atoms with E-state index in [2.05, 4.69) is 9.71 Å². The Balaban J connectivity index is 1.62. The summed E-state index contributed by atoms with van der Waals surface area (Å²) in [4.78, 5) is 4.83. The molecular formula is C21H18ClN3O2S. The predicted molar refractivity (Wildman–Crippen MR) is 112 cm³/mol. The van der Waals surface area contributed by atoms with Crippen molar-refractivity contribution >= 4 is 33.0 Å². The second-order valence-corrected chi connectivity index (χ2v) is 8.65. The van der Waals surface area contributed by atoms with Gasteiger partial charge in [0.25, 0.3) is 10.0 Å². The fraction of sp³-hybridized carbons (Fsp3) is 0.0952. The Labute approximate surface area is 168 Å². The molecule has 5 nitrogen and oxygen atoms in total. The molecule has 0 aliphatic rings. The molecule has 0 aliphatic carbocycles. The minimum atomic E-state index is -3.72. The molecule has 0 saturated heterocycles. The Morgan fingerprint density at radius 2 is 1.75 bits per heavy atom. The summed E-state index contributed by atoms with van der Waals surface area (Å²) in [5.41, 5.74) is 4.73. The van der Waals surface area contributed by atoms with Crippen LogP contribution in [0.1, 0.15) is 11.1 Å². The number of nitrogens with one attached hydrogen (secondary N) is 1. The van der Waals surface area contributed by atoms with Gasteiger partial charge in [0, 0.05) is 28.7 Å². The van der Waals surface area contributed by atoms with Gasteiger partial charge in [0.05, 0.1) is 10.6 Å². The van der Waals surface area contributed by atoms with Crippen LogP contribution in [0.2, 0.25) is 5.02 Å². The molecule has 0 bridgehead atoms. The fourth-order valence-corrected chi connectivity index (χ4v) is 4.65. The summed E-state index contributed by atoms with van der Waals surface area (Å²) >= 11 is 6.05. The van der Waals surface area contributed by atoms with Gasteiger partial charge >= 0.3 is 0 Å². The van der Waals surface area contributed by atoms with Gasteiger partial charge in [0.2, 0.25) is 0 Å². The number of sulfonamides is 1. The SMILES string of the molecule is Cc1c(Cl)cccc1S(=O)(=O)Nc1ccc(-c2cn3cccc(C)c3n2)cc1. The highest BCUT2D eigenvalue weighted by Gasteiger charge is 2.18. The van der Waals surface area contributed by atoms with Crippen LogP contribution in [0.5, 0.6) is 0 Å². The minimum Gasteiger partial charge on any atom is -0.306 e. The number of fused-ring (bicyclic) bond motifs is 1. The Morgan fingerprint density at radius 1 is 1.00 bits per heavy atom. The number of imidazole rings is 1. The summed E-state index contributed by atoms with van der Waals surface area (Å²) in [7, 11) is -3.72. The van der Waals surface area contributed by atoms with E-state index in [1.165, 1.54) is 6.07 Å². The topological polar surface area (TPSA) is 63.5 Å². The molecule has 0 saturated carbocycles. The Morgan fingerprint density at radius 3 is 2.46 bits per heavy atom. The Bertz CT molecular complexity index is 1280. The van der Waals surface area contributed by atoms with Gasteiger partial charge in [-0.1, -0.05) is 35.9 Å². The Hall–Kier alpha value is -2.83. The largest absolute Gasteiger partial charge is 0.306 e. The first kappa shape index (κ1) is 18.5. The van der Waals surface area contributed by atoms with E-state index in [9.17, 15) is 8.42 Å². The lowest BCUT2D eigenvalue weighted by atomic mass is 10.1. The summed E-state index contributed by atoms with van der Waals surface area (Å²) in [5, 5.41) is 0.417. The molecule has 28 heavy (non-hydrogen) atoms. The number of pyridine rings is 1. The van der Waals surface area contributed by atoms with Crippen molar-refractivity contribution in [2.24, 2.45) is 0 Å². The number of aryl methyl sites for hydroxylation is 1. The zero-order chi connectivity index (χ0) is 19.9. The summed E-state index contributed by atoms with van der Waals surface area (Å²) in [6, 6.07) is 16.0. The first-order chi connectivity index (χ1) is 13.3. The normalized spacial score (nSPS) is 11.7. The van der Waals surface area contributed by atoms with E-state index < -0.39 is 10.0 Å². The van der Waals surface area contributed by atoms with Crippen LogP contribution < -0.4 is 4.72 Å². The number of hydrogen-bond donors (Lipinski definition) is 1.